The number of hydrogen-bond acceptors (Lipinski definition) is 2. The molecule has 0 aliphatic carbocycles. The smallest absolute Gasteiger partial charge is 0.190 e. The number of rotatable bonds is 2. The van der Waals surface area contributed by atoms with Gasteiger partial charge in [-0.3, -0.25) is 4.79 Å². The molecular weight excluding hydrogens is 183 g/mol. The number of hydrogen-bond donors (Lipinski definition) is 0. The molecule has 0 aliphatic rings. The van der Waals surface area contributed by atoms with Crippen LogP contribution in [0.5, 0.6) is 5.75 Å². The fourth-order valence-electron chi connectivity index (χ4n) is 1.46. The molecule has 2 aromatic carbocycles. The minimum Gasteiger partial charge on any atom is -0.496 e. The van der Waals surface area contributed by atoms with Crippen LogP contribution in [0.2, 0.25) is 0 Å². The van der Waals surface area contributed by atoms with Crippen molar-refractivity contribution >= 4 is 0 Å². The lowest BCUT2D eigenvalue weighted by Gasteiger charge is -2.03. The first-order valence-electron chi connectivity index (χ1n) is 4.24. The molecule has 0 bridgehead atoms. The molecule has 2 nitrogen and oxygen atoms in total. The Morgan fingerprint density at radius 3 is 2.50 bits per heavy atom. The van der Waals surface area contributed by atoms with Crippen molar-refractivity contribution in [3.8, 4) is 16.9 Å². The van der Waals surface area contributed by atoms with E-state index < -0.39 is 0 Å². The van der Waals surface area contributed by atoms with E-state index in [9.17, 15) is 9.18 Å². The summed E-state index contributed by atoms with van der Waals surface area (Å²) in [5.74, 6) is 0.174. The number of methoxy groups -OCH3 is 1. The van der Waals surface area contributed by atoms with Gasteiger partial charge >= 0.3 is 0 Å². The summed E-state index contributed by atoms with van der Waals surface area (Å²) in [6, 6.07) is 4.16. The Hall–Kier alpha value is -1.64. The first-order valence-corrected chi connectivity index (χ1v) is 4.24. The topological polar surface area (TPSA) is 26.3 Å². The second kappa shape index (κ2) is 2.94. The van der Waals surface area contributed by atoms with E-state index >= 15 is 0 Å². The molecule has 0 unspecified atom stereocenters. The van der Waals surface area contributed by atoms with Gasteiger partial charge in [0, 0.05) is 16.7 Å². The van der Waals surface area contributed by atoms with Gasteiger partial charge in [-0.25, -0.2) is 4.39 Å². The van der Waals surface area contributed by atoms with E-state index in [-0.39, 0.29) is 11.2 Å². The lowest BCUT2D eigenvalue weighted by Crippen LogP contribution is -1.88. The molecule has 72 valence electrons. The highest BCUT2D eigenvalue weighted by Crippen LogP contribution is 2.33. The second-order valence-electron chi connectivity index (χ2n) is 3.17. The Kier molecular flexibility index (Phi) is 1.88. The highest BCUT2D eigenvalue weighted by molar-refractivity contribution is 5.80. The van der Waals surface area contributed by atoms with Gasteiger partial charge in [-0.05, 0) is 25.1 Å². The van der Waals surface area contributed by atoms with Crippen LogP contribution >= 0.6 is 0 Å². The van der Waals surface area contributed by atoms with Gasteiger partial charge in [0.1, 0.15) is 11.6 Å². The molecule has 0 radical (unpaired) electrons. The van der Waals surface area contributed by atoms with E-state index in [1.807, 2.05) is 0 Å². The van der Waals surface area contributed by atoms with Gasteiger partial charge in [0.15, 0.2) is 5.43 Å². The van der Waals surface area contributed by atoms with Crippen molar-refractivity contribution in [1.82, 2.24) is 0 Å². The monoisotopic (exact) mass is 192 g/mol. The number of benzene rings is 1. The molecule has 0 spiro atoms. The molecule has 0 aromatic heterocycles. The molecule has 0 amide bonds. The average molecular weight is 192 g/mol. The predicted molar refractivity (Wildman–Crippen MR) is 51.8 cm³/mol. The molecule has 0 fully saturated rings. The Labute approximate surface area is 80.6 Å². The Morgan fingerprint density at radius 2 is 2.00 bits per heavy atom. The van der Waals surface area contributed by atoms with E-state index in [1.165, 1.54) is 25.3 Å². The van der Waals surface area contributed by atoms with Crippen LogP contribution in [-0.4, -0.2) is 7.11 Å². The third kappa shape index (κ3) is 1.21. The molecule has 0 atom stereocenters. The first kappa shape index (κ1) is 8.94. The summed E-state index contributed by atoms with van der Waals surface area (Å²) < 4.78 is 18.0. The van der Waals surface area contributed by atoms with Crippen molar-refractivity contribution in [2.24, 2.45) is 0 Å². The van der Waals surface area contributed by atoms with Crippen LogP contribution in [0.3, 0.4) is 0 Å². The van der Waals surface area contributed by atoms with Crippen molar-refractivity contribution in [3.05, 3.63) is 39.8 Å². The summed E-state index contributed by atoms with van der Waals surface area (Å²) in [6.45, 7) is 1.72. The van der Waals surface area contributed by atoms with Gasteiger partial charge in [0.05, 0.1) is 7.11 Å². The predicted octanol–water partition coefficient (Wildman–Crippen LogP) is 2.05. The van der Waals surface area contributed by atoms with Crippen LogP contribution in [-0.2, 0) is 0 Å². The van der Waals surface area contributed by atoms with Crippen molar-refractivity contribution in [1.29, 1.82) is 0 Å². The zero-order valence-electron chi connectivity index (χ0n) is 7.93. The van der Waals surface area contributed by atoms with Crippen LogP contribution in [0.4, 0.5) is 4.39 Å². The first-order chi connectivity index (χ1) is 6.65. The fourth-order valence-corrected chi connectivity index (χ4v) is 1.46. The Balaban J connectivity index is 2.57. The summed E-state index contributed by atoms with van der Waals surface area (Å²) in [5, 5.41) is 0. The third-order valence-electron chi connectivity index (χ3n) is 2.31. The van der Waals surface area contributed by atoms with Gasteiger partial charge in [0.25, 0.3) is 0 Å². The largest absolute Gasteiger partial charge is 0.496 e. The van der Waals surface area contributed by atoms with Crippen molar-refractivity contribution < 1.29 is 9.13 Å². The molecule has 0 aliphatic heterocycles. The molecule has 2 aromatic rings. The van der Waals surface area contributed by atoms with E-state index in [4.69, 9.17) is 4.74 Å². The zero-order valence-corrected chi connectivity index (χ0v) is 7.93. The highest BCUT2D eigenvalue weighted by Gasteiger charge is 2.22. The molecule has 14 heavy (non-hydrogen) atoms. The maximum Gasteiger partial charge on any atom is 0.190 e. The van der Waals surface area contributed by atoms with Gasteiger partial charge in [0.2, 0.25) is 0 Å². The molecule has 0 N–H and O–H groups in total. The van der Waals surface area contributed by atoms with Gasteiger partial charge in [-0.2, -0.15) is 0 Å². The van der Waals surface area contributed by atoms with E-state index in [0.717, 1.165) is 0 Å². The van der Waals surface area contributed by atoms with Crippen LogP contribution in [0.25, 0.3) is 11.1 Å². The SMILES string of the molecule is COc1ccc(F)cc1-c1c(C)c1=O. The number of halogens is 1. The van der Waals surface area contributed by atoms with Gasteiger partial charge in [-0.1, -0.05) is 0 Å². The van der Waals surface area contributed by atoms with E-state index in [1.54, 1.807) is 6.92 Å². The summed E-state index contributed by atoms with van der Waals surface area (Å²) in [6.07, 6.45) is 0. The van der Waals surface area contributed by atoms with Gasteiger partial charge < -0.3 is 4.74 Å². The van der Waals surface area contributed by atoms with Crippen molar-refractivity contribution in [3.63, 3.8) is 0 Å². The average Bonchev–Trinajstić information content (AvgIpc) is 2.75. The standard InChI is InChI=1S/C11H9FO2/c1-6-10(11(6)13)8-5-7(12)3-4-9(8)14-2/h3-5H,1-2H3. The third-order valence-corrected chi connectivity index (χ3v) is 2.31. The normalized spacial score (nSPS) is 10.8. The molecule has 2 rings (SSSR count). The minimum atomic E-state index is -0.360. The van der Waals surface area contributed by atoms with Gasteiger partial charge in [-0.15, -0.1) is 0 Å². The summed E-state index contributed by atoms with van der Waals surface area (Å²) >= 11 is 0. The maximum absolute atomic E-state index is 12.9. The fraction of sp³-hybridized carbons (Fsp3) is 0.182. The summed E-state index contributed by atoms with van der Waals surface area (Å²) in [4.78, 5) is 11.1. The molecule has 0 saturated carbocycles. The molecule has 0 heterocycles. The van der Waals surface area contributed by atoms with E-state index in [0.29, 0.717) is 22.4 Å². The Morgan fingerprint density at radius 1 is 1.36 bits per heavy atom. The Bertz CT molecular complexity index is 493. The zero-order chi connectivity index (χ0) is 10.3. The molecule has 3 heteroatoms. The number of ether oxygens (including phenoxy) is 1. The summed E-state index contributed by atoms with van der Waals surface area (Å²) in [5.41, 5.74) is 1.82. The van der Waals surface area contributed by atoms with Crippen LogP contribution in [0.1, 0.15) is 5.56 Å². The maximum atomic E-state index is 12.9. The molecule has 0 saturated heterocycles. The quantitative estimate of drug-likeness (QED) is 0.727. The van der Waals surface area contributed by atoms with Crippen LogP contribution < -0.4 is 10.2 Å². The van der Waals surface area contributed by atoms with Crippen molar-refractivity contribution in [2.45, 2.75) is 6.92 Å². The minimum absolute atomic E-state index is 0.00565. The summed E-state index contributed by atoms with van der Waals surface area (Å²) in [7, 11) is 1.50. The van der Waals surface area contributed by atoms with E-state index in [2.05, 4.69) is 0 Å². The second-order valence-corrected chi connectivity index (χ2v) is 3.17. The van der Waals surface area contributed by atoms with Crippen molar-refractivity contribution in [2.75, 3.05) is 7.11 Å². The van der Waals surface area contributed by atoms with Crippen LogP contribution in [0.15, 0.2) is 23.0 Å². The molecular formula is C11H9FO2. The highest BCUT2D eigenvalue weighted by atomic mass is 19.1. The lowest BCUT2D eigenvalue weighted by molar-refractivity contribution is 0.415. The van der Waals surface area contributed by atoms with Crippen LogP contribution in [0, 0.1) is 12.7 Å². The lowest BCUT2D eigenvalue weighted by atomic mass is 10.1.